The van der Waals surface area contributed by atoms with E-state index in [9.17, 15) is 21.6 Å². The minimum atomic E-state index is -5.38. The molecule has 0 bridgehead atoms. The molecule has 3 nitrogen and oxygen atoms in total. The molecule has 0 radical (unpaired) electrons. The third-order valence-corrected chi connectivity index (χ3v) is 5.50. The average Bonchev–Trinajstić information content (AvgIpc) is 2.33. The highest BCUT2D eigenvalue weighted by molar-refractivity contribution is 7.92. The van der Waals surface area contributed by atoms with E-state index in [4.69, 9.17) is 11.6 Å². The summed E-state index contributed by atoms with van der Waals surface area (Å²) in [5, 5.41) is 2.88. The van der Waals surface area contributed by atoms with Crippen LogP contribution in [-0.4, -0.2) is 25.3 Å². The summed E-state index contributed by atoms with van der Waals surface area (Å²) >= 11 is 5.83. The molecular formula is C12H13ClF3NO2S. The van der Waals surface area contributed by atoms with Crippen molar-refractivity contribution in [3.05, 3.63) is 24.3 Å². The Bertz CT molecular complexity index is 591. The molecule has 0 aliphatic heterocycles. The summed E-state index contributed by atoms with van der Waals surface area (Å²) in [5.41, 5.74) is -5.89. The molecule has 1 aliphatic carbocycles. The van der Waals surface area contributed by atoms with Gasteiger partial charge in [0.2, 0.25) is 0 Å². The molecule has 0 aromatic heterocycles. The lowest BCUT2D eigenvalue weighted by Gasteiger charge is -2.42. The number of halogens is 4. The van der Waals surface area contributed by atoms with E-state index in [1.807, 2.05) is 0 Å². The number of benzene rings is 1. The molecule has 1 saturated carbocycles. The summed E-state index contributed by atoms with van der Waals surface area (Å²) in [6, 6.07) is 5.02. The number of hydrogen-bond donors (Lipinski definition) is 1. The van der Waals surface area contributed by atoms with Crippen molar-refractivity contribution in [2.24, 2.45) is 0 Å². The normalized spacial score (nSPS) is 18.4. The molecule has 0 spiro atoms. The van der Waals surface area contributed by atoms with Gasteiger partial charge in [0.25, 0.3) is 9.84 Å². The molecule has 2 rings (SSSR count). The van der Waals surface area contributed by atoms with Gasteiger partial charge in [0.1, 0.15) is 0 Å². The first kappa shape index (κ1) is 15.4. The van der Waals surface area contributed by atoms with Crippen molar-refractivity contribution < 1.29 is 21.6 Å². The van der Waals surface area contributed by atoms with Gasteiger partial charge in [-0.1, -0.05) is 12.1 Å². The number of anilines is 1. The van der Waals surface area contributed by atoms with E-state index in [-0.39, 0.29) is 11.6 Å². The second-order valence-corrected chi connectivity index (χ2v) is 7.01. The maximum Gasteiger partial charge on any atom is 0.501 e. The number of rotatable bonds is 4. The topological polar surface area (TPSA) is 46.2 Å². The van der Waals surface area contributed by atoms with Gasteiger partial charge < -0.3 is 5.32 Å². The van der Waals surface area contributed by atoms with E-state index < -0.39 is 25.8 Å². The van der Waals surface area contributed by atoms with Crippen LogP contribution >= 0.6 is 11.6 Å². The Balaban J connectivity index is 2.42. The fourth-order valence-electron chi connectivity index (χ4n) is 2.11. The van der Waals surface area contributed by atoms with Gasteiger partial charge in [0.15, 0.2) is 0 Å². The minimum absolute atomic E-state index is 0.0508. The smallest absolute Gasteiger partial charge is 0.377 e. The lowest BCUT2D eigenvalue weighted by molar-refractivity contribution is -0.0435. The summed E-state index contributed by atoms with van der Waals surface area (Å²) < 4.78 is 61.1. The van der Waals surface area contributed by atoms with Gasteiger partial charge in [-0.3, -0.25) is 0 Å². The highest BCUT2D eigenvalue weighted by Gasteiger charge is 2.48. The molecule has 112 valence electrons. The van der Waals surface area contributed by atoms with Crippen LogP contribution in [0.25, 0.3) is 0 Å². The molecule has 0 unspecified atom stereocenters. The predicted molar refractivity (Wildman–Crippen MR) is 70.6 cm³/mol. The van der Waals surface area contributed by atoms with Gasteiger partial charge in [0.05, 0.1) is 16.1 Å². The zero-order valence-electron chi connectivity index (χ0n) is 10.4. The second-order valence-electron chi connectivity index (χ2n) is 4.84. The molecule has 1 N–H and O–H groups in total. The van der Waals surface area contributed by atoms with E-state index in [0.717, 1.165) is 12.5 Å². The maximum absolute atomic E-state index is 12.7. The second kappa shape index (κ2) is 5.11. The van der Waals surface area contributed by atoms with E-state index in [2.05, 4.69) is 5.32 Å². The van der Waals surface area contributed by atoms with Crippen molar-refractivity contribution in [1.29, 1.82) is 0 Å². The minimum Gasteiger partial charge on any atom is -0.377 e. The van der Waals surface area contributed by atoms with Crippen LogP contribution in [0.4, 0.5) is 18.9 Å². The van der Waals surface area contributed by atoms with Gasteiger partial charge in [-0.2, -0.15) is 13.2 Å². The molecule has 1 aromatic rings. The van der Waals surface area contributed by atoms with E-state index in [0.29, 0.717) is 12.8 Å². The van der Waals surface area contributed by atoms with Crippen LogP contribution in [0.2, 0.25) is 0 Å². The first-order valence-corrected chi connectivity index (χ1v) is 7.98. The van der Waals surface area contributed by atoms with Gasteiger partial charge in [-0.15, -0.1) is 11.6 Å². The van der Waals surface area contributed by atoms with Crippen LogP contribution < -0.4 is 5.32 Å². The summed E-state index contributed by atoms with van der Waals surface area (Å²) in [5.74, 6) is 0.216. The zero-order chi connectivity index (χ0) is 15.0. The Morgan fingerprint density at radius 1 is 1.25 bits per heavy atom. The van der Waals surface area contributed by atoms with Gasteiger partial charge in [0, 0.05) is 5.88 Å². The first-order valence-electron chi connectivity index (χ1n) is 5.96. The van der Waals surface area contributed by atoms with Crippen LogP contribution in [-0.2, 0) is 9.84 Å². The Labute approximate surface area is 120 Å². The highest BCUT2D eigenvalue weighted by atomic mass is 35.5. The number of sulfone groups is 1. The Hall–Kier alpha value is -0.950. The van der Waals surface area contributed by atoms with E-state index >= 15 is 0 Å². The predicted octanol–water partition coefficient (Wildman–Crippen LogP) is 3.55. The van der Waals surface area contributed by atoms with Crippen LogP contribution in [0.15, 0.2) is 29.2 Å². The van der Waals surface area contributed by atoms with Crippen LogP contribution in [0.1, 0.15) is 19.3 Å². The van der Waals surface area contributed by atoms with E-state index in [1.54, 1.807) is 0 Å². The van der Waals surface area contributed by atoms with Crippen molar-refractivity contribution in [2.45, 2.75) is 35.2 Å². The van der Waals surface area contributed by atoms with Crippen molar-refractivity contribution >= 4 is 27.1 Å². The average molecular weight is 328 g/mol. The molecule has 1 aromatic carbocycles. The first-order chi connectivity index (χ1) is 9.22. The number of nitrogens with one attached hydrogen (secondary N) is 1. The molecule has 0 atom stereocenters. The largest absolute Gasteiger partial charge is 0.501 e. The van der Waals surface area contributed by atoms with Crippen LogP contribution in [0.5, 0.6) is 0 Å². The van der Waals surface area contributed by atoms with Crippen molar-refractivity contribution in [3.8, 4) is 0 Å². The molecule has 8 heteroatoms. The monoisotopic (exact) mass is 327 g/mol. The SMILES string of the molecule is O=S(=O)(c1ccccc1NC1(CCl)CCC1)C(F)(F)F. The number of alkyl halides is 4. The number of hydrogen-bond acceptors (Lipinski definition) is 3. The molecule has 20 heavy (non-hydrogen) atoms. The lowest BCUT2D eigenvalue weighted by Crippen LogP contribution is -2.47. The van der Waals surface area contributed by atoms with Gasteiger partial charge >= 0.3 is 5.51 Å². The third kappa shape index (κ3) is 2.61. The lowest BCUT2D eigenvalue weighted by atomic mass is 9.78. The van der Waals surface area contributed by atoms with Crippen molar-refractivity contribution in [3.63, 3.8) is 0 Å². The molecule has 0 saturated heterocycles. The van der Waals surface area contributed by atoms with E-state index in [1.165, 1.54) is 18.2 Å². The quantitative estimate of drug-likeness (QED) is 0.860. The summed E-state index contributed by atoms with van der Waals surface area (Å²) in [6.45, 7) is 0. The maximum atomic E-state index is 12.7. The van der Waals surface area contributed by atoms with Gasteiger partial charge in [-0.25, -0.2) is 8.42 Å². The summed E-state index contributed by atoms with van der Waals surface area (Å²) in [7, 11) is -5.38. The molecule has 1 fully saturated rings. The highest BCUT2D eigenvalue weighted by Crippen LogP contribution is 2.40. The van der Waals surface area contributed by atoms with Crippen LogP contribution in [0, 0.1) is 0 Å². The molecule has 0 heterocycles. The third-order valence-electron chi connectivity index (χ3n) is 3.45. The van der Waals surface area contributed by atoms with Crippen LogP contribution in [0.3, 0.4) is 0 Å². The summed E-state index contributed by atoms with van der Waals surface area (Å²) in [4.78, 5) is -0.760. The fourth-order valence-corrected chi connectivity index (χ4v) is 3.36. The Kier molecular flexibility index (Phi) is 3.94. The molecule has 1 aliphatic rings. The fraction of sp³-hybridized carbons (Fsp3) is 0.500. The molecular weight excluding hydrogens is 315 g/mol. The number of para-hydroxylation sites is 1. The standard InChI is InChI=1S/C12H13ClF3NO2S/c13-8-11(6-3-7-11)17-9-4-1-2-5-10(9)20(18,19)12(14,15)16/h1-2,4-5,17H,3,6-8H2. The summed E-state index contributed by atoms with van der Waals surface area (Å²) in [6.07, 6.45) is 2.32. The Morgan fingerprint density at radius 3 is 2.30 bits per heavy atom. The van der Waals surface area contributed by atoms with Gasteiger partial charge in [-0.05, 0) is 31.4 Å². The van der Waals surface area contributed by atoms with Crippen molar-refractivity contribution in [1.82, 2.24) is 0 Å². The zero-order valence-corrected chi connectivity index (χ0v) is 11.9. The Morgan fingerprint density at radius 2 is 1.85 bits per heavy atom. The van der Waals surface area contributed by atoms with Crippen molar-refractivity contribution in [2.75, 3.05) is 11.2 Å². The molecule has 0 amide bonds.